The van der Waals surface area contributed by atoms with Crippen molar-refractivity contribution in [2.75, 3.05) is 36.8 Å². The number of nitro benzene ring substituents is 1. The topological polar surface area (TPSA) is 123 Å². The van der Waals surface area contributed by atoms with E-state index in [0.717, 1.165) is 23.6 Å². The number of pyridine rings is 1. The smallest absolute Gasteiger partial charge is 0.283 e. The van der Waals surface area contributed by atoms with Crippen molar-refractivity contribution in [2.24, 2.45) is 5.73 Å². The molecular formula is C18H19N5O4S. The molecule has 1 fully saturated rings. The molecule has 2 heterocycles. The zero-order valence-corrected chi connectivity index (χ0v) is 15.8. The van der Waals surface area contributed by atoms with Gasteiger partial charge in [-0.05, 0) is 24.3 Å². The first-order chi connectivity index (χ1) is 13.5. The third-order valence-corrected chi connectivity index (χ3v) is 5.44. The standard InChI is InChI=1S/C18H19N5O4S/c19-18(25)13-4-5-15(14(11-13)23(26)27)28-12-17(24)22-9-7-21(8-10-22)16-3-1-2-6-20-16/h1-6,11H,7-10,12H2,(H2,19,25). The van der Waals surface area contributed by atoms with Crippen molar-refractivity contribution in [3.63, 3.8) is 0 Å². The molecule has 2 aromatic rings. The number of carbonyl (C=O) groups excluding carboxylic acids is 2. The number of nitro groups is 1. The van der Waals surface area contributed by atoms with Crippen LogP contribution < -0.4 is 10.6 Å². The van der Waals surface area contributed by atoms with Crippen LogP contribution in [0.4, 0.5) is 11.5 Å². The van der Waals surface area contributed by atoms with E-state index in [-0.39, 0.29) is 22.9 Å². The van der Waals surface area contributed by atoms with Crippen molar-refractivity contribution in [3.8, 4) is 0 Å². The van der Waals surface area contributed by atoms with Gasteiger partial charge in [0, 0.05) is 44.0 Å². The van der Waals surface area contributed by atoms with E-state index in [1.807, 2.05) is 18.2 Å². The van der Waals surface area contributed by atoms with Crippen molar-refractivity contribution in [1.82, 2.24) is 9.88 Å². The summed E-state index contributed by atoms with van der Waals surface area (Å²) in [5.74, 6) is 0.148. The number of hydrogen-bond donors (Lipinski definition) is 1. The van der Waals surface area contributed by atoms with Gasteiger partial charge in [0.15, 0.2) is 0 Å². The second-order valence-corrected chi connectivity index (χ2v) is 7.17. The minimum Gasteiger partial charge on any atom is -0.366 e. The second kappa shape index (κ2) is 8.70. The van der Waals surface area contributed by atoms with Gasteiger partial charge in [0.05, 0.1) is 15.6 Å². The van der Waals surface area contributed by atoms with Crippen LogP contribution in [0.25, 0.3) is 0 Å². The molecule has 1 aliphatic heterocycles. The average Bonchev–Trinajstić information content (AvgIpc) is 2.72. The molecule has 0 bridgehead atoms. The van der Waals surface area contributed by atoms with Crippen molar-refractivity contribution >= 4 is 35.1 Å². The number of nitrogens with two attached hydrogens (primary N) is 1. The quantitative estimate of drug-likeness (QED) is 0.442. The van der Waals surface area contributed by atoms with Gasteiger partial charge in [-0.2, -0.15) is 0 Å². The van der Waals surface area contributed by atoms with Crippen molar-refractivity contribution in [2.45, 2.75) is 4.90 Å². The molecule has 0 atom stereocenters. The van der Waals surface area contributed by atoms with Gasteiger partial charge in [0.25, 0.3) is 5.69 Å². The summed E-state index contributed by atoms with van der Waals surface area (Å²) in [6.45, 7) is 2.50. The fourth-order valence-electron chi connectivity index (χ4n) is 2.89. The maximum absolute atomic E-state index is 12.5. The Morgan fingerprint density at radius 1 is 1.18 bits per heavy atom. The maximum Gasteiger partial charge on any atom is 0.283 e. The summed E-state index contributed by atoms with van der Waals surface area (Å²) in [4.78, 5) is 42.9. The lowest BCUT2D eigenvalue weighted by Crippen LogP contribution is -2.49. The molecule has 0 spiro atoms. The van der Waals surface area contributed by atoms with Crippen molar-refractivity contribution < 1.29 is 14.5 Å². The number of hydrogen-bond acceptors (Lipinski definition) is 7. The molecule has 146 valence electrons. The van der Waals surface area contributed by atoms with Crippen LogP contribution in [0.2, 0.25) is 0 Å². The molecule has 3 rings (SSSR count). The van der Waals surface area contributed by atoms with Crippen LogP contribution >= 0.6 is 11.8 Å². The molecule has 2 amide bonds. The Labute approximate surface area is 165 Å². The van der Waals surface area contributed by atoms with E-state index in [4.69, 9.17) is 5.73 Å². The molecule has 28 heavy (non-hydrogen) atoms. The van der Waals surface area contributed by atoms with E-state index < -0.39 is 10.8 Å². The fourth-order valence-corrected chi connectivity index (χ4v) is 3.80. The van der Waals surface area contributed by atoms with E-state index in [9.17, 15) is 19.7 Å². The molecule has 1 aliphatic rings. The fraction of sp³-hybridized carbons (Fsp3) is 0.278. The molecule has 10 heteroatoms. The van der Waals surface area contributed by atoms with Crippen LogP contribution in [0.5, 0.6) is 0 Å². The molecule has 1 aromatic carbocycles. The SMILES string of the molecule is NC(=O)c1ccc(SCC(=O)N2CCN(c3ccccn3)CC2)c([N+](=O)[O-])c1. The zero-order valence-electron chi connectivity index (χ0n) is 15.0. The number of amides is 2. The number of nitrogens with zero attached hydrogens (tertiary/aromatic N) is 4. The van der Waals surface area contributed by atoms with E-state index in [0.29, 0.717) is 31.1 Å². The molecule has 0 aliphatic carbocycles. The number of primary amides is 1. The highest BCUT2D eigenvalue weighted by Crippen LogP contribution is 2.30. The predicted molar refractivity (Wildman–Crippen MR) is 105 cm³/mol. The largest absolute Gasteiger partial charge is 0.366 e. The summed E-state index contributed by atoms with van der Waals surface area (Å²) >= 11 is 1.08. The third kappa shape index (κ3) is 4.58. The molecule has 1 aromatic heterocycles. The van der Waals surface area contributed by atoms with Crippen LogP contribution in [0.1, 0.15) is 10.4 Å². The number of carbonyl (C=O) groups is 2. The summed E-state index contributed by atoms with van der Waals surface area (Å²) in [6.07, 6.45) is 1.74. The second-order valence-electron chi connectivity index (χ2n) is 6.15. The van der Waals surface area contributed by atoms with E-state index in [1.165, 1.54) is 12.1 Å². The van der Waals surface area contributed by atoms with Crippen LogP contribution in [-0.2, 0) is 4.79 Å². The normalized spacial score (nSPS) is 14.0. The van der Waals surface area contributed by atoms with Gasteiger partial charge in [-0.3, -0.25) is 19.7 Å². The highest BCUT2D eigenvalue weighted by molar-refractivity contribution is 8.00. The minimum atomic E-state index is -0.735. The molecule has 1 saturated heterocycles. The van der Waals surface area contributed by atoms with E-state index in [1.54, 1.807) is 11.1 Å². The van der Waals surface area contributed by atoms with E-state index >= 15 is 0 Å². The van der Waals surface area contributed by atoms with Gasteiger partial charge in [0.2, 0.25) is 11.8 Å². The lowest BCUT2D eigenvalue weighted by Gasteiger charge is -2.35. The van der Waals surface area contributed by atoms with Gasteiger partial charge in [-0.25, -0.2) is 4.98 Å². The number of thioether (sulfide) groups is 1. The Hall–Kier alpha value is -3.14. The average molecular weight is 401 g/mol. The molecule has 2 N–H and O–H groups in total. The Morgan fingerprint density at radius 2 is 1.93 bits per heavy atom. The van der Waals surface area contributed by atoms with Gasteiger partial charge in [-0.15, -0.1) is 11.8 Å². The Kier molecular flexibility index (Phi) is 6.09. The van der Waals surface area contributed by atoms with Crippen LogP contribution in [0.15, 0.2) is 47.5 Å². The number of rotatable bonds is 6. The van der Waals surface area contributed by atoms with Crippen LogP contribution in [0.3, 0.4) is 0 Å². The first-order valence-electron chi connectivity index (χ1n) is 8.60. The zero-order chi connectivity index (χ0) is 20.1. The third-order valence-electron chi connectivity index (χ3n) is 4.40. The van der Waals surface area contributed by atoms with Crippen molar-refractivity contribution in [1.29, 1.82) is 0 Å². The summed E-state index contributed by atoms with van der Waals surface area (Å²) in [6, 6.07) is 9.73. The molecule has 0 unspecified atom stereocenters. The van der Waals surface area contributed by atoms with Gasteiger partial charge in [0.1, 0.15) is 5.82 Å². The summed E-state index contributed by atoms with van der Waals surface area (Å²) in [7, 11) is 0. The maximum atomic E-state index is 12.5. The van der Waals surface area contributed by atoms with Gasteiger partial charge < -0.3 is 15.5 Å². The highest BCUT2D eigenvalue weighted by Gasteiger charge is 2.23. The first-order valence-corrected chi connectivity index (χ1v) is 9.59. The number of benzene rings is 1. The van der Waals surface area contributed by atoms with Crippen LogP contribution in [-0.4, -0.2) is 58.6 Å². The van der Waals surface area contributed by atoms with Gasteiger partial charge in [-0.1, -0.05) is 6.07 Å². The van der Waals surface area contributed by atoms with Gasteiger partial charge >= 0.3 is 0 Å². The van der Waals surface area contributed by atoms with Crippen molar-refractivity contribution in [3.05, 3.63) is 58.3 Å². The van der Waals surface area contributed by atoms with Crippen LogP contribution in [0, 0.1) is 10.1 Å². The summed E-state index contributed by atoms with van der Waals surface area (Å²) in [5, 5.41) is 11.2. The predicted octanol–water partition coefficient (Wildman–Crippen LogP) is 1.53. The minimum absolute atomic E-state index is 0.0630. The molecule has 9 nitrogen and oxygen atoms in total. The summed E-state index contributed by atoms with van der Waals surface area (Å²) < 4.78 is 0. The monoisotopic (exact) mass is 401 g/mol. The Morgan fingerprint density at radius 3 is 2.54 bits per heavy atom. The highest BCUT2D eigenvalue weighted by atomic mass is 32.2. The lowest BCUT2D eigenvalue weighted by atomic mass is 10.2. The number of aromatic nitrogens is 1. The molecule has 0 radical (unpaired) electrons. The lowest BCUT2D eigenvalue weighted by molar-refractivity contribution is -0.387. The Bertz CT molecular complexity index is 885. The first kappa shape index (κ1) is 19.6. The summed E-state index contributed by atoms with van der Waals surface area (Å²) in [5.41, 5.74) is 5.00. The molecule has 0 saturated carbocycles. The number of piperazine rings is 1. The Balaban J connectivity index is 1.58. The molecular weight excluding hydrogens is 382 g/mol. The van der Waals surface area contributed by atoms with E-state index in [2.05, 4.69) is 9.88 Å². The number of anilines is 1.